The highest BCUT2D eigenvalue weighted by molar-refractivity contribution is 6.36. The third-order valence-electron chi connectivity index (χ3n) is 4.47. The third kappa shape index (κ3) is 6.00. The number of ether oxygens (including phenoxy) is 2. The predicted molar refractivity (Wildman–Crippen MR) is 122 cm³/mol. The fourth-order valence-electron chi connectivity index (χ4n) is 2.90. The third-order valence-corrected chi connectivity index (χ3v) is 5.18. The van der Waals surface area contributed by atoms with Gasteiger partial charge in [0.2, 0.25) is 0 Å². The normalized spacial score (nSPS) is 10.4. The molecular formula is C24H21Cl2NO4. The fourth-order valence-corrected chi connectivity index (χ4v) is 3.41. The van der Waals surface area contributed by atoms with Gasteiger partial charge in [-0.15, -0.1) is 0 Å². The summed E-state index contributed by atoms with van der Waals surface area (Å²) in [6, 6.07) is 20.8. The van der Waals surface area contributed by atoms with Crippen LogP contribution >= 0.6 is 23.2 Å². The number of esters is 1. The summed E-state index contributed by atoms with van der Waals surface area (Å²) in [4.78, 5) is 26.5. The molecule has 5 nitrogen and oxygen atoms in total. The van der Waals surface area contributed by atoms with Gasteiger partial charge in [-0.05, 0) is 55.5 Å². The Morgan fingerprint density at radius 1 is 0.871 bits per heavy atom. The first-order chi connectivity index (χ1) is 15.0. The molecule has 160 valence electrons. The molecule has 3 aromatic carbocycles. The quantitative estimate of drug-likeness (QED) is 0.402. The van der Waals surface area contributed by atoms with Crippen LogP contribution in [-0.2, 0) is 16.1 Å². The Hall–Kier alpha value is -3.02. The van der Waals surface area contributed by atoms with E-state index in [4.69, 9.17) is 32.7 Å². The number of amides is 1. The van der Waals surface area contributed by atoms with Crippen molar-refractivity contribution in [3.63, 3.8) is 0 Å². The second-order valence-corrected chi connectivity index (χ2v) is 7.36. The topological polar surface area (TPSA) is 55.8 Å². The maximum Gasteiger partial charge on any atom is 0.338 e. The van der Waals surface area contributed by atoms with Gasteiger partial charge in [0.05, 0.1) is 18.7 Å². The minimum Gasteiger partial charge on any atom is -0.484 e. The molecule has 0 bridgehead atoms. The Morgan fingerprint density at radius 2 is 1.52 bits per heavy atom. The van der Waals surface area contributed by atoms with Crippen LogP contribution in [0.5, 0.6) is 5.75 Å². The van der Waals surface area contributed by atoms with Crippen LogP contribution < -0.4 is 9.64 Å². The van der Waals surface area contributed by atoms with E-state index in [0.717, 1.165) is 0 Å². The van der Waals surface area contributed by atoms with Crippen LogP contribution in [0.2, 0.25) is 10.0 Å². The van der Waals surface area contributed by atoms with Crippen molar-refractivity contribution < 1.29 is 19.1 Å². The Labute approximate surface area is 191 Å². The van der Waals surface area contributed by atoms with Gasteiger partial charge in [0, 0.05) is 21.3 Å². The number of hydrogen-bond acceptors (Lipinski definition) is 4. The maximum atomic E-state index is 13.1. The van der Waals surface area contributed by atoms with Crippen molar-refractivity contribution >= 4 is 40.8 Å². The summed E-state index contributed by atoms with van der Waals surface area (Å²) in [5.74, 6) is -0.124. The van der Waals surface area contributed by atoms with Gasteiger partial charge in [0.15, 0.2) is 6.61 Å². The standard InChI is InChI=1S/C24H21Cl2NO4/c1-2-30-24(29)17-11-13-18(14-12-17)27(15-20-21(25)9-6-10-22(20)26)23(28)16-31-19-7-4-3-5-8-19/h3-14H,2,15-16H2,1H3. The van der Waals surface area contributed by atoms with Crippen molar-refractivity contribution in [1.82, 2.24) is 0 Å². The molecule has 0 aromatic heterocycles. The van der Waals surface area contributed by atoms with Gasteiger partial charge < -0.3 is 14.4 Å². The molecular weight excluding hydrogens is 437 g/mol. The number of anilines is 1. The first-order valence-corrected chi connectivity index (χ1v) is 10.4. The van der Waals surface area contributed by atoms with Crippen LogP contribution in [0.3, 0.4) is 0 Å². The van der Waals surface area contributed by atoms with Crippen LogP contribution in [-0.4, -0.2) is 25.1 Å². The second kappa shape index (κ2) is 10.8. The number of nitrogens with zero attached hydrogens (tertiary/aromatic N) is 1. The number of carbonyl (C=O) groups is 2. The van der Waals surface area contributed by atoms with Gasteiger partial charge in [-0.3, -0.25) is 4.79 Å². The molecule has 3 rings (SSSR count). The summed E-state index contributed by atoms with van der Waals surface area (Å²) >= 11 is 12.7. The van der Waals surface area contributed by atoms with Gasteiger partial charge in [0.25, 0.3) is 5.91 Å². The monoisotopic (exact) mass is 457 g/mol. The van der Waals surface area contributed by atoms with E-state index in [2.05, 4.69) is 0 Å². The van der Waals surface area contributed by atoms with Crippen LogP contribution in [0.25, 0.3) is 0 Å². The van der Waals surface area contributed by atoms with Crippen LogP contribution in [0.15, 0.2) is 72.8 Å². The molecule has 3 aromatic rings. The van der Waals surface area contributed by atoms with Gasteiger partial charge in [-0.1, -0.05) is 47.5 Å². The lowest BCUT2D eigenvalue weighted by Crippen LogP contribution is -2.34. The van der Waals surface area contributed by atoms with E-state index in [0.29, 0.717) is 32.6 Å². The predicted octanol–water partition coefficient (Wildman–Crippen LogP) is 5.78. The minimum absolute atomic E-state index is 0.147. The molecule has 0 saturated carbocycles. The lowest BCUT2D eigenvalue weighted by molar-refractivity contribution is -0.120. The molecule has 1 amide bonds. The van der Waals surface area contributed by atoms with E-state index in [1.165, 1.54) is 4.90 Å². The molecule has 0 atom stereocenters. The summed E-state index contributed by atoms with van der Waals surface area (Å²) in [6.07, 6.45) is 0. The molecule has 0 aliphatic heterocycles. The average Bonchev–Trinajstić information content (AvgIpc) is 2.78. The SMILES string of the molecule is CCOC(=O)c1ccc(N(Cc2c(Cl)cccc2Cl)C(=O)COc2ccccc2)cc1. The van der Waals surface area contributed by atoms with Crippen LogP contribution in [0.4, 0.5) is 5.69 Å². The number of para-hydroxylation sites is 1. The smallest absolute Gasteiger partial charge is 0.338 e. The first-order valence-electron chi connectivity index (χ1n) is 9.68. The van der Waals surface area contributed by atoms with Crippen molar-refractivity contribution in [3.05, 3.63) is 94.0 Å². The minimum atomic E-state index is -0.423. The Kier molecular flexibility index (Phi) is 7.93. The number of benzene rings is 3. The van der Waals surface area contributed by atoms with Gasteiger partial charge in [-0.2, -0.15) is 0 Å². The van der Waals surface area contributed by atoms with Crippen molar-refractivity contribution in [2.75, 3.05) is 18.1 Å². The van der Waals surface area contributed by atoms with Crippen molar-refractivity contribution in [3.8, 4) is 5.75 Å². The Balaban J connectivity index is 1.86. The number of halogens is 2. The molecule has 0 N–H and O–H groups in total. The maximum absolute atomic E-state index is 13.1. The Morgan fingerprint density at radius 3 is 2.13 bits per heavy atom. The molecule has 31 heavy (non-hydrogen) atoms. The molecule has 0 heterocycles. The largest absolute Gasteiger partial charge is 0.484 e. The van der Waals surface area contributed by atoms with E-state index in [-0.39, 0.29) is 25.7 Å². The molecule has 0 fully saturated rings. The highest BCUT2D eigenvalue weighted by atomic mass is 35.5. The van der Waals surface area contributed by atoms with Crippen LogP contribution in [0.1, 0.15) is 22.8 Å². The van der Waals surface area contributed by atoms with Crippen molar-refractivity contribution in [1.29, 1.82) is 0 Å². The first kappa shape index (κ1) is 22.7. The van der Waals surface area contributed by atoms with Crippen molar-refractivity contribution in [2.45, 2.75) is 13.5 Å². The molecule has 0 saturated heterocycles. The summed E-state index contributed by atoms with van der Waals surface area (Å²) in [5.41, 5.74) is 1.59. The summed E-state index contributed by atoms with van der Waals surface area (Å²) in [5, 5.41) is 0.912. The molecule has 0 aliphatic carbocycles. The lowest BCUT2D eigenvalue weighted by atomic mass is 10.1. The zero-order chi connectivity index (χ0) is 22.2. The molecule has 0 aliphatic rings. The van der Waals surface area contributed by atoms with E-state index in [1.54, 1.807) is 61.5 Å². The Bertz CT molecular complexity index is 1020. The molecule has 0 unspecified atom stereocenters. The van der Waals surface area contributed by atoms with Gasteiger partial charge in [-0.25, -0.2) is 4.79 Å². The van der Waals surface area contributed by atoms with E-state index in [9.17, 15) is 9.59 Å². The van der Waals surface area contributed by atoms with E-state index >= 15 is 0 Å². The summed E-state index contributed by atoms with van der Waals surface area (Å²) < 4.78 is 10.6. The van der Waals surface area contributed by atoms with Gasteiger partial charge >= 0.3 is 5.97 Å². The van der Waals surface area contributed by atoms with Gasteiger partial charge in [0.1, 0.15) is 5.75 Å². The molecule has 7 heteroatoms. The summed E-state index contributed by atoms with van der Waals surface area (Å²) in [6.45, 7) is 2.00. The van der Waals surface area contributed by atoms with E-state index < -0.39 is 5.97 Å². The zero-order valence-corrected chi connectivity index (χ0v) is 18.4. The molecule has 0 spiro atoms. The van der Waals surface area contributed by atoms with Crippen LogP contribution in [0, 0.1) is 0 Å². The number of hydrogen-bond donors (Lipinski definition) is 0. The highest BCUT2D eigenvalue weighted by Crippen LogP contribution is 2.28. The number of rotatable bonds is 8. The zero-order valence-electron chi connectivity index (χ0n) is 16.9. The highest BCUT2D eigenvalue weighted by Gasteiger charge is 2.20. The summed E-state index contributed by atoms with van der Waals surface area (Å²) in [7, 11) is 0. The fraction of sp³-hybridized carbons (Fsp3) is 0.167. The lowest BCUT2D eigenvalue weighted by Gasteiger charge is -2.24. The van der Waals surface area contributed by atoms with Crippen molar-refractivity contribution in [2.24, 2.45) is 0 Å². The average molecular weight is 458 g/mol. The number of carbonyl (C=O) groups excluding carboxylic acids is 2. The van der Waals surface area contributed by atoms with E-state index in [1.807, 2.05) is 18.2 Å². The molecule has 0 radical (unpaired) electrons. The second-order valence-electron chi connectivity index (χ2n) is 6.55.